The number of carbonyl (C=O) groups excluding carboxylic acids is 2. The van der Waals surface area contributed by atoms with E-state index in [1.165, 1.54) is 18.3 Å². The average molecular weight is 326 g/mol. The van der Waals surface area contributed by atoms with Crippen LogP contribution >= 0.6 is 11.3 Å². The SMILES string of the molecule is CCc1cc(C(=O)NC(CC(C)C)C(=O)O)c(NC(C)=O)s1. The lowest BCUT2D eigenvalue weighted by Crippen LogP contribution is -2.41. The van der Waals surface area contributed by atoms with Gasteiger partial charge < -0.3 is 15.7 Å². The van der Waals surface area contributed by atoms with E-state index in [0.717, 1.165) is 11.3 Å². The second-order valence-corrected chi connectivity index (χ2v) is 6.62. The number of thiophene rings is 1. The number of carboxylic acids is 1. The largest absolute Gasteiger partial charge is 0.480 e. The first kappa shape index (κ1) is 18.2. The number of hydrogen-bond donors (Lipinski definition) is 3. The zero-order valence-electron chi connectivity index (χ0n) is 13.2. The second kappa shape index (κ2) is 7.93. The molecule has 7 heteroatoms. The summed E-state index contributed by atoms with van der Waals surface area (Å²) in [7, 11) is 0. The van der Waals surface area contributed by atoms with Gasteiger partial charge in [-0.1, -0.05) is 20.8 Å². The molecule has 1 unspecified atom stereocenters. The first-order chi connectivity index (χ1) is 10.2. The highest BCUT2D eigenvalue weighted by Crippen LogP contribution is 2.28. The molecule has 0 spiro atoms. The minimum atomic E-state index is -1.06. The number of nitrogens with one attached hydrogen (secondary N) is 2. The third-order valence-corrected chi connectivity index (χ3v) is 4.17. The summed E-state index contributed by atoms with van der Waals surface area (Å²) >= 11 is 1.33. The highest BCUT2D eigenvalue weighted by atomic mass is 32.1. The molecule has 6 nitrogen and oxygen atoms in total. The van der Waals surface area contributed by atoms with Crippen LogP contribution in [0.3, 0.4) is 0 Å². The Balaban J connectivity index is 2.97. The van der Waals surface area contributed by atoms with Gasteiger partial charge in [0.15, 0.2) is 0 Å². The van der Waals surface area contributed by atoms with E-state index in [1.54, 1.807) is 6.07 Å². The fraction of sp³-hybridized carbons (Fsp3) is 0.533. The van der Waals surface area contributed by atoms with Gasteiger partial charge >= 0.3 is 5.97 Å². The molecule has 0 radical (unpaired) electrons. The van der Waals surface area contributed by atoms with Gasteiger partial charge in [-0.25, -0.2) is 4.79 Å². The summed E-state index contributed by atoms with van der Waals surface area (Å²) in [6.07, 6.45) is 1.08. The fourth-order valence-electron chi connectivity index (χ4n) is 1.97. The van der Waals surface area contributed by atoms with Crippen molar-refractivity contribution in [2.45, 2.75) is 46.6 Å². The molecule has 1 aromatic heterocycles. The summed E-state index contributed by atoms with van der Waals surface area (Å²) in [5.41, 5.74) is 0.312. The Hall–Kier alpha value is -1.89. The molecule has 0 saturated carbocycles. The molecular formula is C15H22N2O4S. The first-order valence-electron chi connectivity index (χ1n) is 7.18. The van der Waals surface area contributed by atoms with Gasteiger partial charge in [0.1, 0.15) is 11.0 Å². The molecule has 0 aliphatic heterocycles. The highest BCUT2D eigenvalue weighted by molar-refractivity contribution is 7.16. The maximum Gasteiger partial charge on any atom is 0.326 e. The summed E-state index contributed by atoms with van der Waals surface area (Å²) in [6, 6.07) is 0.752. The van der Waals surface area contributed by atoms with Crippen molar-refractivity contribution in [2.24, 2.45) is 5.92 Å². The second-order valence-electron chi connectivity index (χ2n) is 5.48. The molecule has 0 aliphatic carbocycles. The number of carboxylic acid groups (broad SMARTS) is 1. The van der Waals surface area contributed by atoms with Gasteiger partial charge in [0.2, 0.25) is 5.91 Å². The van der Waals surface area contributed by atoms with E-state index in [9.17, 15) is 19.5 Å². The van der Waals surface area contributed by atoms with Crippen molar-refractivity contribution in [2.75, 3.05) is 5.32 Å². The minimum Gasteiger partial charge on any atom is -0.480 e. The van der Waals surface area contributed by atoms with E-state index < -0.39 is 17.9 Å². The van der Waals surface area contributed by atoms with Gasteiger partial charge in [-0.2, -0.15) is 0 Å². The number of amides is 2. The predicted molar refractivity (Wildman–Crippen MR) is 86.3 cm³/mol. The maximum atomic E-state index is 12.4. The van der Waals surface area contributed by atoms with Crippen LogP contribution in [0.5, 0.6) is 0 Å². The maximum absolute atomic E-state index is 12.4. The molecule has 0 bridgehead atoms. The molecule has 122 valence electrons. The molecular weight excluding hydrogens is 304 g/mol. The normalized spacial score (nSPS) is 12.0. The molecule has 0 aliphatic rings. The van der Waals surface area contributed by atoms with Crippen molar-refractivity contribution in [3.63, 3.8) is 0 Å². The van der Waals surface area contributed by atoms with Crippen LogP contribution in [0.4, 0.5) is 5.00 Å². The van der Waals surface area contributed by atoms with Gasteiger partial charge in [-0.3, -0.25) is 9.59 Å². The lowest BCUT2D eigenvalue weighted by molar-refractivity contribution is -0.139. The van der Waals surface area contributed by atoms with Crippen molar-refractivity contribution in [3.05, 3.63) is 16.5 Å². The van der Waals surface area contributed by atoms with Crippen LogP contribution in [-0.4, -0.2) is 28.9 Å². The van der Waals surface area contributed by atoms with Crippen molar-refractivity contribution >= 4 is 34.1 Å². The molecule has 1 atom stereocenters. The number of anilines is 1. The topological polar surface area (TPSA) is 95.5 Å². The number of hydrogen-bond acceptors (Lipinski definition) is 4. The Morgan fingerprint density at radius 1 is 1.32 bits per heavy atom. The average Bonchev–Trinajstić information content (AvgIpc) is 2.79. The van der Waals surface area contributed by atoms with Gasteiger partial charge in [0.25, 0.3) is 5.91 Å². The van der Waals surface area contributed by atoms with Crippen molar-refractivity contribution in [1.82, 2.24) is 5.32 Å². The van der Waals surface area contributed by atoms with E-state index in [1.807, 2.05) is 20.8 Å². The van der Waals surface area contributed by atoms with Crippen molar-refractivity contribution < 1.29 is 19.5 Å². The fourth-order valence-corrected chi connectivity index (χ4v) is 3.01. The van der Waals surface area contributed by atoms with E-state index in [-0.39, 0.29) is 11.8 Å². The van der Waals surface area contributed by atoms with Crippen LogP contribution in [0, 0.1) is 5.92 Å². The van der Waals surface area contributed by atoms with Crippen LogP contribution in [0.25, 0.3) is 0 Å². The number of aliphatic carboxylic acids is 1. The molecule has 1 aromatic rings. The van der Waals surface area contributed by atoms with Gasteiger partial charge in [0.05, 0.1) is 5.56 Å². The Morgan fingerprint density at radius 2 is 1.95 bits per heavy atom. The zero-order chi connectivity index (χ0) is 16.9. The van der Waals surface area contributed by atoms with Crippen molar-refractivity contribution in [3.8, 4) is 0 Å². The van der Waals surface area contributed by atoms with E-state index in [0.29, 0.717) is 17.0 Å². The van der Waals surface area contributed by atoms with Gasteiger partial charge in [-0.15, -0.1) is 11.3 Å². The Bertz CT molecular complexity index is 566. The highest BCUT2D eigenvalue weighted by Gasteiger charge is 2.24. The molecule has 3 N–H and O–H groups in total. The Kier molecular flexibility index (Phi) is 6.55. The quantitative estimate of drug-likeness (QED) is 0.717. The molecule has 1 rings (SSSR count). The van der Waals surface area contributed by atoms with Gasteiger partial charge in [-0.05, 0) is 24.8 Å². The number of rotatable bonds is 7. The van der Waals surface area contributed by atoms with Crippen LogP contribution in [0.2, 0.25) is 0 Å². The molecule has 22 heavy (non-hydrogen) atoms. The lowest BCUT2D eigenvalue weighted by atomic mass is 10.0. The van der Waals surface area contributed by atoms with Crippen LogP contribution in [0.1, 0.15) is 49.4 Å². The summed E-state index contributed by atoms with van der Waals surface area (Å²) < 4.78 is 0. The summed E-state index contributed by atoms with van der Waals surface area (Å²) in [4.78, 5) is 35.8. The smallest absolute Gasteiger partial charge is 0.326 e. The zero-order valence-corrected chi connectivity index (χ0v) is 14.0. The Morgan fingerprint density at radius 3 is 2.41 bits per heavy atom. The summed E-state index contributed by atoms with van der Waals surface area (Å²) in [6.45, 7) is 7.10. The lowest BCUT2D eigenvalue weighted by Gasteiger charge is -2.16. The first-order valence-corrected chi connectivity index (χ1v) is 8.00. The predicted octanol–water partition coefficient (Wildman–Crippen LogP) is 2.50. The van der Waals surface area contributed by atoms with Crippen LogP contribution in [-0.2, 0) is 16.0 Å². The summed E-state index contributed by atoms with van der Waals surface area (Å²) in [5.74, 6) is -1.66. The van der Waals surface area contributed by atoms with Gasteiger partial charge in [0, 0.05) is 11.8 Å². The van der Waals surface area contributed by atoms with Crippen LogP contribution in [0.15, 0.2) is 6.07 Å². The third kappa shape index (κ3) is 5.14. The monoisotopic (exact) mass is 326 g/mol. The molecule has 0 aromatic carbocycles. The van der Waals surface area contributed by atoms with Crippen LogP contribution < -0.4 is 10.6 Å². The van der Waals surface area contributed by atoms with Crippen molar-refractivity contribution in [1.29, 1.82) is 0 Å². The summed E-state index contributed by atoms with van der Waals surface area (Å²) in [5, 5.41) is 14.8. The Labute approximate surface area is 133 Å². The van der Waals surface area contributed by atoms with E-state index in [4.69, 9.17) is 0 Å². The minimum absolute atomic E-state index is 0.143. The molecule has 0 fully saturated rings. The van der Waals surface area contributed by atoms with E-state index >= 15 is 0 Å². The number of carbonyl (C=O) groups is 3. The molecule has 0 saturated heterocycles. The number of aryl methyl sites for hydroxylation is 1. The molecule has 2 amide bonds. The van der Waals surface area contributed by atoms with E-state index in [2.05, 4.69) is 10.6 Å². The standard InChI is InChI=1S/C15H22N2O4S/c1-5-10-7-11(14(22-10)16-9(4)18)13(19)17-12(15(20)21)6-8(2)3/h7-8,12H,5-6H2,1-4H3,(H,16,18)(H,17,19)(H,20,21). The molecule has 1 heterocycles. The third-order valence-electron chi connectivity index (χ3n) is 2.98.